The highest BCUT2D eigenvalue weighted by atomic mass is 16.3. The molecule has 1 unspecified atom stereocenters. The number of aliphatic hydroxyl groups is 1. The number of benzene rings is 1. The van der Waals surface area contributed by atoms with E-state index in [0.717, 1.165) is 5.56 Å². The highest BCUT2D eigenvalue weighted by Gasteiger charge is 2.12. The van der Waals surface area contributed by atoms with Gasteiger partial charge in [-0.05, 0) is 62.4 Å². The first-order valence-corrected chi connectivity index (χ1v) is 5.86. The fourth-order valence-corrected chi connectivity index (χ4v) is 1.89. The molecule has 3 nitrogen and oxygen atoms in total. The van der Waals surface area contributed by atoms with Crippen molar-refractivity contribution in [1.82, 2.24) is 5.32 Å². The van der Waals surface area contributed by atoms with Gasteiger partial charge >= 0.3 is 0 Å². The zero-order valence-corrected chi connectivity index (χ0v) is 11.2. The van der Waals surface area contributed by atoms with E-state index in [1.807, 2.05) is 0 Å². The van der Waals surface area contributed by atoms with Crippen molar-refractivity contribution in [2.24, 2.45) is 0 Å². The molecule has 3 heteroatoms. The summed E-state index contributed by atoms with van der Waals surface area (Å²) in [4.78, 5) is 11.3. The summed E-state index contributed by atoms with van der Waals surface area (Å²) in [6.07, 6.45) is -0.957. The number of aliphatic hydroxyl groups excluding tert-OH is 1. The third-order valence-electron chi connectivity index (χ3n) is 3.34. The van der Waals surface area contributed by atoms with E-state index >= 15 is 0 Å². The van der Waals surface area contributed by atoms with E-state index in [0.29, 0.717) is 6.54 Å². The van der Waals surface area contributed by atoms with Gasteiger partial charge in [-0.3, -0.25) is 4.79 Å². The summed E-state index contributed by atoms with van der Waals surface area (Å²) >= 11 is 0. The van der Waals surface area contributed by atoms with Crippen LogP contribution in [0.2, 0.25) is 0 Å². The summed E-state index contributed by atoms with van der Waals surface area (Å²) < 4.78 is 0. The Balaban J connectivity index is 2.95. The van der Waals surface area contributed by atoms with Crippen LogP contribution in [0.5, 0.6) is 0 Å². The minimum atomic E-state index is -0.957. The van der Waals surface area contributed by atoms with Crippen molar-refractivity contribution < 1.29 is 9.90 Å². The quantitative estimate of drug-likeness (QED) is 0.841. The number of rotatable bonds is 3. The van der Waals surface area contributed by atoms with Crippen LogP contribution in [0, 0.1) is 27.7 Å². The monoisotopic (exact) mass is 235 g/mol. The fourth-order valence-electron chi connectivity index (χ4n) is 1.89. The first-order valence-electron chi connectivity index (χ1n) is 5.86. The Bertz CT molecular complexity index is 410. The molecule has 0 saturated carbocycles. The molecule has 1 rings (SSSR count). The molecule has 1 atom stereocenters. The second-order valence-electron chi connectivity index (χ2n) is 4.63. The predicted molar refractivity (Wildman–Crippen MR) is 68.9 cm³/mol. The number of carbonyl (C=O) groups is 1. The molecule has 0 bridgehead atoms. The maximum Gasteiger partial charge on any atom is 0.248 e. The van der Waals surface area contributed by atoms with Crippen molar-refractivity contribution in [2.75, 3.05) is 0 Å². The van der Waals surface area contributed by atoms with Crippen molar-refractivity contribution >= 4 is 5.91 Å². The molecule has 1 aromatic rings. The molecule has 0 aromatic heterocycles. The third kappa shape index (κ3) is 3.07. The Hall–Kier alpha value is -1.35. The first-order chi connectivity index (χ1) is 7.84. The summed E-state index contributed by atoms with van der Waals surface area (Å²) in [7, 11) is 0. The molecule has 0 radical (unpaired) electrons. The van der Waals surface area contributed by atoms with Gasteiger partial charge in [0.2, 0.25) is 5.91 Å². The van der Waals surface area contributed by atoms with Gasteiger partial charge in [0.1, 0.15) is 6.10 Å². The molecule has 0 aliphatic rings. The smallest absolute Gasteiger partial charge is 0.248 e. The molecule has 0 saturated heterocycles. The van der Waals surface area contributed by atoms with Gasteiger partial charge in [-0.2, -0.15) is 0 Å². The number of carbonyl (C=O) groups excluding carboxylic acids is 1. The fraction of sp³-hybridized carbons (Fsp3) is 0.500. The van der Waals surface area contributed by atoms with Crippen molar-refractivity contribution in [3.63, 3.8) is 0 Å². The summed E-state index contributed by atoms with van der Waals surface area (Å²) in [6, 6.07) is 2.16. The second kappa shape index (κ2) is 5.32. The minimum absolute atomic E-state index is 0.331. The summed E-state index contributed by atoms with van der Waals surface area (Å²) in [6.45, 7) is 10.2. The Labute approximate surface area is 103 Å². The molecule has 0 aliphatic carbocycles. The lowest BCUT2D eigenvalue weighted by molar-refractivity contribution is -0.128. The molecule has 94 valence electrons. The Morgan fingerprint density at radius 1 is 1.24 bits per heavy atom. The van der Waals surface area contributed by atoms with Gasteiger partial charge < -0.3 is 10.4 Å². The average Bonchev–Trinajstić information content (AvgIpc) is 2.26. The van der Waals surface area contributed by atoms with Crippen LogP contribution < -0.4 is 5.32 Å². The molecular formula is C14H21NO2. The molecule has 0 heterocycles. The summed E-state index contributed by atoms with van der Waals surface area (Å²) in [5.41, 5.74) is 6.03. The van der Waals surface area contributed by atoms with Crippen LogP contribution in [-0.2, 0) is 11.3 Å². The van der Waals surface area contributed by atoms with Crippen molar-refractivity contribution in [1.29, 1.82) is 0 Å². The van der Waals surface area contributed by atoms with E-state index in [4.69, 9.17) is 5.11 Å². The summed E-state index contributed by atoms with van der Waals surface area (Å²) in [5.74, 6) is -0.331. The van der Waals surface area contributed by atoms with E-state index in [2.05, 4.69) is 39.1 Å². The van der Waals surface area contributed by atoms with Crippen LogP contribution in [0.4, 0.5) is 0 Å². The highest BCUT2D eigenvalue weighted by Crippen LogP contribution is 2.21. The molecule has 2 N–H and O–H groups in total. The molecule has 1 aromatic carbocycles. The number of hydrogen-bond donors (Lipinski definition) is 2. The Morgan fingerprint density at radius 3 is 2.12 bits per heavy atom. The van der Waals surface area contributed by atoms with Crippen LogP contribution in [0.1, 0.15) is 34.7 Å². The maximum atomic E-state index is 11.3. The number of hydrogen-bond acceptors (Lipinski definition) is 2. The topological polar surface area (TPSA) is 49.3 Å². The zero-order chi connectivity index (χ0) is 13.2. The van der Waals surface area contributed by atoms with Gasteiger partial charge in [-0.1, -0.05) is 6.07 Å². The molecular weight excluding hydrogens is 214 g/mol. The Morgan fingerprint density at radius 2 is 1.71 bits per heavy atom. The maximum absolute atomic E-state index is 11.3. The molecule has 17 heavy (non-hydrogen) atoms. The van der Waals surface area contributed by atoms with Gasteiger partial charge in [0.05, 0.1) is 0 Å². The molecule has 0 fully saturated rings. The molecule has 0 aliphatic heterocycles. The number of nitrogens with one attached hydrogen (secondary N) is 1. The van der Waals surface area contributed by atoms with E-state index in [9.17, 15) is 4.79 Å². The third-order valence-corrected chi connectivity index (χ3v) is 3.34. The van der Waals surface area contributed by atoms with Gasteiger partial charge in [0.25, 0.3) is 0 Å². The minimum Gasteiger partial charge on any atom is -0.384 e. The first kappa shape index (κ1) is 13.7. The van der Waals surface area contributed by atoms with Gasteiger partial charge in [-0.25, -0.2) is 0 Å². The van der Waals surface area contributed by atoms with E-state index in [1.54, 1.807) is 0 Å². The van der Waals surface area contributed by atoms with E-state index < -0.39 is 6.10 Å². The molecule has 0 spiro atoms. The van der Waals surface area contributed by atoms with Crippen molar-refractivity contribution in [3.05, 3.63) is 33.9 Å². The van der Waals surface area contributed by atoms with Crippen LogP contribution in [0.25, 0.3) is 0 Å². The van der Waals surface area contributed by atoms with E-state index in [1.165, 1.54) is 29.2 Å². The highest BCUT2D eigenvalue weighted by molar-refractivity contribution is 5.80. The number of aryl methyl sites for hydroxylation is 2. The average molecular weight is 235 g/mol. The van der Waals surface area contributed by atoms with Crippen LogP contribution >= 0.6 is 0 Å². The van der Waals surface area contributed by atoms with Gasteiger partial charge in [0.15, 0.2) is 0 Å². The second-order valence-corrected chi connectivity index (χ2v) is 4.63. The van der Waals surface area contributed by atoms with Crippen molar-refractivity contribution in [3.8, 4) is 0 Å². The van der Waals surface area contributed by atoms with E-state index in [-0.39, 0.29) is 5.91 Å². The van der Waals surface area contributed by atoms with Gasteiger partial charge in [-0.15, -0.1) is 0 Å². The van der Waals surface area contributed by atoms with Crippen molar-refractivity contribution in [2.45, 2.75) is 47.3 Å². The van der Waals surface area contributed by atoms with Gasteiger partial charge in [0, 0.05) is 6.54 Å². The predicted octanol–water partition coefficient (Wildman–Crippen LogP) is 1.92. The Kier molecular flexibility index (Phi) is 4.29. The lowest BCUT2D eigenvalue weighted by Crippen LogP contribution is -2.32. The molecule has 1 amide bonds. The summed E-state index contributed by atoms with van der Waals surface area (Å²) in [5, 5.41) is 11.9. The van der Waals surface area contributed by atoms with Crippen LogP contribution in [0.3, 0.4) is 0 Å². The lowest BCUT2D eigenvalue weighted by Gasteiger charge is -2.16. The van der Waals surface area contributed by atoms with Crippen LogP contribution in [-0.4, -0.2) is 17.1 Å². The number of amides is 1. The zero-order valence-electron chi connectivity index (χ0n) is 11.2. The standard InChI is InChI=1S/C14H21NO2/c1-8-6-9(2)11(4)13(10(8)3)7-15-14(17)12(5)16/h6,12,16H,7H2,1-5H3,(H,15,17). The largest absolute Gasteiger partial charge is 0.384 e. The SMILES string of the molecule is Cc1cc(C)c(C)c(CNC(=O)C(C)O)c1C. The lowest BCUT2D eigenvalue weighted by atomic mass is 9.94. The van der Waals surface area contributed by atoms with Crippen LogP contribution in [0.15, 0.2) is 6.07 Å². The normalized spacial score (nSPS) is 12.4.